The molecule has 0 N–H and O–H groups in total. The molecule has 13 rings (SSSR count). The summed E-state index contributed by atoms with van der Waals surface area (Å²) in [6.07, 6.45) is 0. The van der Waals surface area contributed by atoms with Crippen molar-refractivity contribution in [3.63, 3.8) is 0 Å². The molecule has 0 radical (unpaired) electrons. The summed E-state index contributed by atoms with van der Waals surface area (Å²) in [5, 5.41) is 9.42. The number of rotatable bonds is 5. The fourth-order valence-electron chi connectivity index (χ4n) is 9.14. The van der Waals surface area contributed by atoms with Crippen LogP contribution in [0.2, 0.25) is 0 Å². The van der Waals surface area contributed by atoms with Gasteiger partial charge in [-0.1, -0.05) is 152 Å². The average Bonchev–Trinajstić information content (AvgIpc) is 4.01. The summed E-state index contributed by atoms with van der Waals surface area (Å²) in [6, 6.07) is 68.5. The molecule has 4 aromatic heterocycles. The third-order valence-electron chi connectivity index (χ3n) is 12.1. The fraction of sp³-hybridized carbons (Fsp3) is 0. The summed E-state index contributed by atoms with van der Waals surface area (Å²) in [7, 11) is 0. The van der Waals surface area contributed by atoms with Crippen LogP contribution in [0.3, 0.4) is 0 Å². The van der Waals surface area contributed by atoms with Gasteiger partial charge in [-0.15, -0.1) is 11.3 Å². The summed E-state index contributed by atoms with van der Waals surface area (Å²) in [4.78, 5) is 15.7. The van der Waals surface area contributed by atoms with Crippen LogP contribution in [0.15, 0.2) is 199 Å². The quantitative estimate of drug-likeness (QED) is 0.174. The first-order valence-corrected chi connectivity index (χ1v) is 21.2. The summed E-state index contributed by atoms with van der Waals surface area (Å²) in [5.74, 6) is 1.81. The van der Waals surface area contributed by atoms with Gasteiger partial charge in [0.05, 0.1) is 11.0 Å². The van der Waals surface area contributed by atoms with Crippen LogP contribution in [-0.2, 0) is 0 Å². The Kier molecular flexibility index (Phi) is 7.41. The Balaban J connectivity index is 1.00. The van der Waals surface area contributed by atoms with Gasteiger partial charge in [-0.05, 0) is 69.9 Å². The number of nitrogens with zero attached hydrogens (tertiary/aromatic N) is 4. The van der Waals surface area contributed by atoms with Gasteiger partial charge in [0.1, 0.15) is 11.2 Å². The van der Waals surface area contributed by atoms with Gasteiger partial charge in [-0.3, -0.25) is 4.57 Å². The second kappa shape index (κ2) is 13.3. The summed E-state index contributed by atoms with van der Waals surface area (Å²) in [5.41, 5.74) is 10.1. The lowest BCUT2D eigenvalue weighted by atomic mass is 9.99. The van der Waals surface area contributed by atoms with Crippen LogP contribution in [0, 0.1) is 0 Å². The van der Waals surface area contributed by atoms with Crippen LogP contribution in [0.4, 0.5) is 0 Å². The van der Waals surface area contributed by atoms with Crippen LogP contribution in [0.25, 0.3) is 126 Å². The molecule has 0 spiro atoms. The first-order chi connectivity index (χ1) is 30.2. The molecule has 0 aliphatic carbocycles. The number of furan rings is 1. The maximum atomic E-state index is 6.54. The number of thiophene rings is 1. The topological polar surface area (TPSA) is 56.7 Å². The molecule has 6 heteroatoms. The van der Waals surface area contributed by atoms with Gasteiger partial charge < -0.3 is 4.42 Å². The van der Waals surface area contributed by atoms with E-state index in [9.17, 15) is 0 Å². The molecule has 284 valence electrons. The van der Waals surface area contributed by atoms with Crippen LogP contribution in [0.1, 0.15) is 0 Å². The summed E-state index contributed by atoms with van der Waals surface area (Å²) >= 11 is 1.84. The zero-order valence-electron chi connectivity index (χ0n) is 32.6. The first kappa shape index (κ1) is 34.0. The smallest absolute Gasteiger partial charge is 0.238 e. The minimum absolute atomic E-state index is 0.568. The molecule has 0 bridgehead atoms. The second-order valence-electron chi connectivity index (χ2n) is 15.6. The number of hydrogen-bond acceptors (Lipinski definition) is 5. The monoisotopic (exact) mass is 796 g/mol. The lowest BCUT2D eigenvalue weighted by Crippen LogP contribution is -2.06. The van der Waals surface area contributed by atoms with E-state index in [0.29, 0.717) is 17.6 Å². The average molecular weight is 797 g/mol. The molecule has 4 heterocycles. The van der Waals surface area contributed by atoms with Crippen molar-refractivity contribution >= 4 is 86.0 Å². The molecule has 0 unspecified atom stereocenters. The van der Waals surface area contributed by atoms with Gasteiger partial charge >= 0.3 is 0 Å². The maximum Gasteiger partial charge on any atom is 0.238 e. The molecule has 13 aromatic rings. The highest BCUT2D eigenvalue weighted by molar-refractivity contribution is 7.26. The lowest BCUT2D eigenvalue weighted by Gasteiger charge is -2.11. The Labute approximate surface area is 353 Å². The van der Waals surface area contributed by atoms with Gasteiger partial charge in [-0.2, -0.15) is 9.97 Å². The number of aromatic nitrogens is 4. The molecule has 61 heavy (non-hydrogen) atoms. The Morgan fingerprint density at radius 2 is 1.05 bits per heavy atom. The van der Waals surface area contributed by atoms with Crippen LogP contribution >= 0.6 is 11.3 Å². The van der Waals surface area contributed by atoms with Gasteiger partial charge in [0, 0.05) is 58.4 Å². The van der Waals surface area contributed by atoms with E-state index >= 15 is 0 Å². The Bertz CT molecular complexity index is 3880. The van der Waals surface area contributed by atoms with Crippen LogP contribution in [-0.4, -0.2) is 19.5 Å². The van der Waals surface area contributed by atoms with Crippen molar-refractivity contribution in [3.05, 3.63) is 194 Å². The zero-order valence-corrected chi connectivity index (χ0v) is 33.4. The van der Waals surface area contributed by atoms with E-state index in [1.807, 2.05) is 35.6 Å². The highest BCUT2D eigenvalue weighted by Gasteiger charge is 2.20. The molecule has 0 aliphatic heterocycles. The van der Waals surface area contributed by atoms with E-state index in [4.69, 9.17) is 19.4 Å². The van der Waals surface area contributed by atoms with Crippen molar-refractivity contribution in [2.45, 2.75) is 0 Å². The third-order valence-corrected chi connectivity index (χ3v) is 13.3. The lowest BCUT2D eigenvalue weighted by molar-refractivity contribution is 0.670. The predicted octanol–water partition coefficient (Wildman–Crippen LogP) is 15.1. The Morgan fingerprint density at radius 3 is 1.92 bits per heavy atom. The van der Waals surface area contributed by atoms with E-state index in [0.717, 1.165) is 77.1 Å². The summed E-state index contributed by atoms with van der Waals surface area (Å²) in [6.45, 7) is 0. The number of hydrogen-bond donors (Lipinski definition) is 0. The van der Waals surface area contributed by atoms with Crippen molar-refractivity contribution in [3.8, 4) is 51.0 Å². The van der Waals surface area contributed by atoms with Gasteiger partial charge in [-0.25, -0.2) is 4.98 Å². The van der Waals surface area contributed by atoms with Gasteiger partial charge in [0.25, 0.3) is 0 Å². The largest absolute Gasteiger partial charge is 0.455 e. The Hall–Kier alpha value is -7.93. The third kappa shape index (κ3) is 5.36. The van der Waals surface area contributed by atoms with Crippen molar-refractivity contribution < 1.29 is 4.42 Å². The molecular formula is C55H32N4OS. The van der Waals surface area contributed by atoms with Crippen molar-refractivity contribution in [1.29, 1.82) is 0 Å². The number of para-hydroxylation sites is 2. The van der Waals surface area contributed by atoms with E-state index < -0.39 is 0 Å². The Morgan fingerprint density at radius 1 is 0.393 bits per heavy atom. The molecule has 0 aliphatic rings. The molecule has 5 nitrogen and oxygen atoms in total. The molecule has 0 amide bonds. The molecule has 0 saturated carbocycles. The second-order valence-corrected chi connectivity index (χ2v) is 16.6. The van der Waals surface area contributed by atoms with Gasteiger partial charge in [0.15, 0.2) is 11.6 Å². The number of benzene rings is 9. The predicted molar refractivity (Wildman–Crippen MR) is 254 cm³/mol. The highest BCUT2D eigenvalue weighted by Crippen LogP contribution is 2.42. The van der Waals surface area contributed by atoms with Crippen molar-refractivity contribution in [2.24, 2.45) is 0 Å². The van der Waals surface area contributed by atoms with E-state index in [2.05, 4.69) is 174 Å². The number of fused-ring (bicyclic) bond motifs is 11. The highest BCUT2D eigenvalue weighted by atomic mass is 32.1. The fourth-order valence-corrected chi connectivity index (χ4v) is 10.4. The standard InChI is InChI=1S/C55H32N4OS/c1-3-12-33(13-4-1)39-19-11-20-43-45-30-36(24-28-49(45)60-51(39)43)37-23-26-42-41-18-9-10-21-47(41)59(48(42)32-37)55-57-53(35-15-5-2-6-16-35)56-54(58-55)38-25-29-50-46(31-38)44-27-22-34-14-7-8-17-40(34)52(44)61-50/h1-32H. The summed E-state index contributed by atoms with van der Waals surface area (Å²) < 4.78 is 11.3. The first-order valence-electron chi connectivity index (χ1n) is 20.4. The molecule has 0 saturated heterocycles. The SMILES string of the molecule is c1ccc(-c2nc(-c3ccc4sc5c6ccccc6ccc5c4c3)nc(-n3c4ccccc4c4ccc(-c5ccc6oc7c(-c8ccccc8)cccc7c6c5)cc43)n2)cc1. The normalized spacial score (nSPS) is 11.9. The zero-order chi connectivity index (χ0) is 40.0. The molecular weight excluding hydrogens is 765 g/mol. The van der Waals surface area contributed by atoms with Crippen molar-refractivity contribution in [1.82, 2.24) is 19.5 Å². The minimum atomic E-state index is 0.568. The van der Waals surface area contributed by atoms with E-state index in [1.54, 1.807) is 0 Å². The maximum absolute atomic E-state index is 6.54. The van der Waals surface area contributed by atoms with Crippen molar-refractivity contribution in [2.75, 3.05) is 0 Å². The van der Waals surface area contributed by atoms with E-state index in [-0.39, 0.29) is 0 Å². The molecule has 9 aromatic carbocycles. The molecule has 0 fully saturated rings. The van der Waals surface area contributed by atoms with E-state index in [1.165, 1.54) is 30.9 Å². The molecule has 0 atom stereocenters. The van der Waals surface area contributed by atoms with Crippen LogP contribution in [0.5, 0.6) is 0 Å². The van der Waals surface area contributed by atoms with Gasteiger partial charge in [0.2, 0.25) is 5.95 Å². The minimum Gasteiger partial charge on any atom is -0.455 e. The van der Waals surface area contributed by atoms with Crippen LogP contribution < -0.4 is 0 Å².